The molecule has 4 nitrogen and oxygen atoms in total. The summed E-state index contributed by atoms with van der Waals surface area (Å²) in [6.45, 7) is 0.00514. The van der Waals surface area contributed by atoms with Gasteiger partial charge in [0.25, 0.3) is 0 Å². The lowest BCUT2D eigenvalue weighted by molar-refractivity contribution is -0.179. The van der Waals surface area contributed by atoms with E-state index in [2.05, 4.69) is 0 Å². The highest BCUT2D eigenvalue weighted by atomic mass is 16.5. The molecule has 102 valence electrons. The minimum atomic E-state index is -0.915. The van der Waals surface area contributed by atoms with Crippen LogP contribution in [0, 0.1) is 10.8 Å². The van der Waals surface area contributed by atoms with Crippen LogP contribution in [0.3, 0.4) is 0 Å². The smallest absolute Gasteiger partial charge is 0.319 e. The van der Waals surface area contributed by atoms with E-state index < -0.39 is 5.41 Å². The Hall–Kier alpha value is -0.900. The van der Waals surface area contributed by atoms with Crippen LogP contribution in [0.4, 0.5) is 0 Å². The minimum absolute atomic E-state index is 0.00514. The molecule has 1 spiro atoms. The Balaban J connectivity index is 2.11. The second kappa shape index (κ2) is 5.00. The van der Waals surface area contributed by atoms with Gasteiger partial charge in [0.1, 0.15) is 12.0 Å². The van der Waals surface area contributed by atoms with E-state index in [0.717, 1.165) is 12.8 Å². The Morgan fingerprint density at radius 1 is 1.06 bits per heavy atom. The first kappa shape index (κ1) is 13.5. The van der Waals surface area contributed by atoms with Crippen LogP contribution in [-0.2, 0) is 19.1 Å². The maximum atomic E-state index is 12.1. The van der Waals surface area contributed by atoms with Crippen LogP contribution >= 0.6 is 0 Å². The minimum Gasteiger partial charge on any atom is -0.468 e. The Morgan fingerprint density at radius 2 is 1.67 bits per heavy atom. The number of carbonyl (C=O) groups is 2. The van der Waals surface area contributed by atoms with Gasteiger partial charge < -0.3 is 9.47 Å². The first-order chi connectivity index (χ1) is 8.58. The zero-order chi connectivity index (χ0) is 13.2. The highest BCUT2D eigenvalue weighted by Crippen LogP contribution is 2.61. The first-order valence-corrected chi connectivity index (χ1v) is 6.69. The van der Waals surface area contributed by atoms with Crippen LogP contribution in [0.5, 0.6) is 0 Å². The second-order valence-electron chi connectivity index (χ2n) is 5.84. The van der Waals surface area contributed by atoms with E-state index in [1.807, 2.05) is 0 Å². The topological polar surface area (TPSA) is 52.6 Å². The molecule has 2 aliphatic rings. The van der Waals surface area contributed by atoms with Crippen molar-refractivity contribution in [2.24, 2.45) is 10.8 Å². The average Bonchev–Trinajstić information content (AvgIpc) is 2.35. The molecule has 2 aliphatic carbocycles. The molecule has 0 bridgehead atoms. The average molecular weight is 254 g/mol. The van der Waals surface area contributed by atoms with Crippen molar-refractivity contribution in [1.82, 2.24) is 0 Å². The van der Waals surface area contributed by atoms with Gasteiger partial charge in [-0.15, -0.1) is 0 Å². The summed E-state index contributed by atoms with van der Waals surface area (Å²) in [5.41, 5.74) is -0.696. The highest BCUT2D eigenvalue weighted by Gasteiger charge is 2.62. The number of hydrogen-bond donors (Lipinski definition) is 0. The summed E-state index contributed by atoms with van der Waals surface area (Å²) in [7, 11) is 2.84. The summed E-state index contributed by atoms with van der Waals surface area (Å²) in [6, 6.07) is 0. The molecular weight excluding hydrogens is 232 g/mol. The van der Waals surface area contributed by atoms with E-state index in [1.165, 1.54) is 33.5 Å². The molecule has 0 heterocycles. The molecule has 0 aliphatic heterocycles. The Morgan fingerprint density at radius 3 is 2.17 bits per heavy atom. The fourth-order valence-electron chi connectivity index (χ4n) is 3.80. The zero-order valence-corrected chi connectivity index (χ0v) is 11.3. The van der Waals surface area contributed by atoms with Crippen molar-refractivity contribution < 1.29 is 19.1 Å². The first-order valence-electron chi connectivity index (χ1n) is 6.69. The van der Waals surface area contributed by atoms with E-state index >= 15 is 0 Å². The molecule has 4 heteroatoms. The van der Waals surface area contributed by atoms with Gasteiger partial charge in [0.15, 0.2) is 5.78 Å². The fraction of sp³-hybridized carbons (Fsp3) is 0.857. The second-order valence-corrected chi connectivity index (χ2v) is 5.84. The van der Waals surface area contributed by atoms with Gasteiger partial charge in [-0.1, -0.05) is 19.3 Å². The van der Waals surface area contributed by atoms with Gasteiger partial charge in [-0.3, -0.25) is 9.59 Å². The summed E-state index contributed by atoms with van der Waals surface area (Å²) >= 11 is 0. The number of rotatable bonds is 4. The van der Waals surface area contributed by atoms with Crippen LogP contribution in [0.1, 0.15) is 44.9 Å². The van der Waals surface area contributed by atoms with Crippen molar-refractivity contribution in [3.63, 3.8) is 0 Å². The maximum absolute atomic E-state index is 12.1. The lowest BCUT2D eigenvalue weighted by atomic mass is 9.47. The summed E-state index contributed by atoms with van der Waals surface area (Å²) < 4.78 is 9.74. The van der Waals surface area contributed by atoms with Crippen LogP contribution in [-0.4, -0.2) is 32.6 Å². The zero-order valence-electron chi connectivity index (χ0n) is 11.3. The molecule has 2 rings (SSSR count). The van der Waals surface area contributed by atoms with Crippen molar-refractivity contribution in [3.05, 3.63) is 0 Å². The largest absolute Gasteiger partial charge is 0.468 e. The summed E-state index contributed by atoms with van der Waals surface area (Å²) in [5.74, 6) is -0.492. The molecule has 0 radical (unpaired) electrons. The standard InChI is InChI=1S/C14H22O4/c1-17-8-11(15)14(12(16)18-2)9-13(10-14)6-4-3-5-7-13/h3-10H2,1-2H3. The van der Waals surface area contributed by atoms with Gasteiger partial charge in [0.2, 0.25) is 0 Å². The number of ether oxygens (including phenoxy) is 2. The van der Waals surface area contributed by atoms with E-state index in [4.69, 9.17) is 9.47 Å². The van der Waals surface area contributed by atoms with Crippen LogP contribution < -0.4 is 0 Å². The van der Waals surface area contributed by atoms with Gasteiger partial charge >= 0.3 is 5.97 Å². The molecule has 0 saturated heterocycles. The van der Waals surface area contributed by atoms with E-state index in [1.54, 1.807) is 0 Å². The van der Waals surface area contributed by atoms with Crippen LogP contribution in [0.25, 0.3) is 0 Å². The number of ketones is 1. The number of esters is 1. The highest BCUT2D eigenvalue weighted by molar-refractivity contribution is 6.05. The molecule has 2 saturated carbocycles. The normalized spacial score (nSPS) is 24.3. The Labute approximate surface area is 108 Å². The third-order valence-electron chi connectivity index (χ3n) is 4.65. The lowest BCUT2D eigenvalue weighted by Crippen LogP contribution is -2.57. The monoisotopic (exact) mass is 254 g/mol. The van der Waals surface area contributed by atoms with Crippen molar-refractivity contribution in [1.29, 1.82) is 0 Å². The summed E-state index contributed by atoms with van der Waals surface area (Å²) in [6.07, 6.45) is 7.33. The fourth-order valence-corrected chi connectivity index (χ4v) is 3.80. The molecule has 0 aromatic rings. The molecule has 18 heavy (non-hydrogen) atoms. The SMILES string of the molecule is COCC(=O)C1(C(=O)OC)CC2(CCCCC2)C1. The van der Waals surface area contributed by atoms with Crippen LogP contribution in [0.2, 0.25) is 0 Å². The summed E-state index contributed by atoms with van der Waals surface area (Å²) in [4.78, 5) is 24.1. The number of hydrogen-bond acceptors (Lipinski definition) is 4. The predicted octanol–water partition coefficient (Wildman–Crippen LogP) is 2.11. The van der Waals surface area contributed by atoms with E-state index in [-0.39, 0.29) is 23.8 Å². The Kier molecular flexibility index (Phi) is 3.76. The van der Waals surface area contributed by atoms with Gasteiger partial charge in [0.05, 0.1) is 7.11 Å². The van der Waals surface area contributed by atoms with Crippen LogP contribution in [0.15, 0.2) is 0 Å². The van der Waals surface area contributed by atoms with Gasteiger partial charge in [-0.25, -0.2) is 0 Å². The van der Waals surface area contributed by atoms with Gasteiger partial charge in [-0.05, 0) is 31.1 Å². The third kappa shape index (κ3) is 2.07. The summed E-state index contributed by atoms with van der Waals surface area (Å²) in [5, 5.41) is 0. The molecule has 2 fully saturated rings. The number of Topliss-reactive ketones (excluding diaryl/α,β-unsaturated/α-hetero) is 1. The lowest BCUT2D eigenvalue weighted by Gasteiger charge is -2.55. The molecule has 0 aromatic carbocycles. The van der Waals surface area contributed by atoms with Crippen molar-refractivity contribution in [3.8, 4) is 0 Å². The van der Waals surface area contributed by atoms with Gasteiger partial charge in [-0.2, -0.15) is 0 Å². The molecule has 0 amide bonds. The molecular formula is C14H22O4. The van der Waals surface area contributed by atoms with Crippen molar-refractivity contribution in [2.45, 2.75) is 44.9 Å². The molecule has 0 aromatic heterocycles. The van der Waals surface area contributed by atoms with E-state index in [0.29, 0.717) is 12.8 Å². The number of carbonyl (C=O) groups excluding carboxylic acids is 2. The molecule has 0 N–H and O–H groups in total. The molecule has 0 atom stereocenters. The van der Waals surface area contributed by atoms with E-state index in [9.17, 15) is 9.59 Å². The molecule has 0 unspecified atom stereocenters. The Bertz CT molecular complexity index is 334. The number of methoxy groups -OCH3 is 2. The van der Waals surface area contributed by atoms with Crippen molar-refractivity contribution in [2.75, 3.05) is 20.8 Å². The van der Waals surface area contributed by atoms with Crippen molar-refractivity contribution >= 4 is 11.8 Å². The quantitative estimate of drug-likeness (QED) is 0.569. The van der Waals surface area contributed by atoms with Gasteiger partial charge in [0, 0.05) is 7.11 Å². The predicted molar refractivity (Wildman–Crippen MR) is 66.1 cm³/mol. The maximum Gasteiger partial charge on any atom is 0.319 e. The third-order valence-corrected chi connectivity index (χ3v) is 4.65.